The van der Waals surface area contributed by atoms with Crippen molar-refractivity contribution < 1.29 is 4.79 Å². The molecule has 0 aliphatic carbocycles. The zero-order valence-corrected chi connectivity index (χ0v) is 18.4. The molecule has 4 rings (SSSR count). The molecule has 0 N–H and O–H groups in total. The number of rotatable bonds is 4. The predicted molar refractivity (Wildman–Crippen MR) is 116 cm³/mol. The highest BCUT2D eigenvalue weighted by molar-refractivity contribution is 7.13. The van der Waals surface area contributed by atoms with Gasteiger partial charge in [0.1, 0.15) is 0 Å². The molecule has 1 fully saturated rings. The molecular weight excluding hydrogens is 384 g/mol. The van der Waals surface area contributed by atoms with Crippen LogP contribution in [-0.2, 0) is 11.2 Å². The smallest absolute Gasteiger partial charge is 0.222 e. The average molecular weight is 413 g/mol. The van der Waals surface area contributed by atoms with Gasteiger partial charge in [-0.1, -0.05) is 0 Å². The van der Waals surface area contributed by atoms with Crippen LogP contribution < -0.4 is 4.90 Å². The van der Waals surface area contributed by atoms with Gasteiger partial charge in [-0.15, -0.1) is 11.3 Å². The second-order valence-corrected chi connectivity index (χ2v) is 8.65. The van der Waals surface area contributed by atoms with Crippen molar-refractivity contribution in [2.24, 2.45) is 0 Å². The second-order valence-electron chi connectivity index (χ2n) is 7.81. The lowest BCUT2D eigenvalue weighted by molar-refractivity contribution is -0.130. The summed E-state index contributed by atoms with van der Waals surface area (Å²) in [6.07, 6.45) is 2.18. The Balaban J connectivity index is 1.40. The number of thiazole rings is 1. The number of fused-ring (bicyclic) bond motifs is 1. The fourth-order valence-electron chi connectivity index (χ4n) is 4.04. The van der Waals surface area contributed by atoms with Crippen LogP contribution in [0.25, 0.3) is 5.65 Å². The number of aromatic nitrogens is 4. The van der Waals surface area contributed by atoms with Gasteiger partial charge >= 0.3 is 0 Å². The summed E-state index contributed by atoms with van der Waals surface area (Å²) in [7, 11) is 0. The van der Waals surface area contributed by atoms with E-state index in [0.29, 0.717) is 12.8 Å². The molecule has 1 aliphatic heterocycles. The van der Waals surface area contributed by atoms with Gasteiger partial charge < -0.3 is 9.80 Å². The number of carbonyl (C=O) groups excluding carboxylic acids is 1. The molecule has 0 bridgehead atoms. The third-order valence-electron chi connectivity index (χ3n) is 5.60. The van der Waals surface area contributed by atoms with Gasteiger partial charge in [0.25, 0.3) is 0 Å². The van der Waals surface area contributed by atoms with E-state index in [0.717, 1.165) is 71.7 Å². The van der Waals surface area contributed by atoms with E-state index in [9.17, 15) is 4.79 Å². The van der Waals surface area contributed by atoms with Crippen LogP contribution in [0.2, 0.25) is 0 Å². The Kier molecular flexibility index (Phi) is 5.54. The maximum Gasteiger partial charge on any atom is 0.222 e. The van der Waals surface area contributed by atoms with Crippen molar-refractivity contribution in [2.75, 3.05) is 31.1 Å². The van der Waals surface area contributed by atoms with E-state index < -0.39 is 0 Å². The van der Waals surface area contributed by atoms with Crippen molar-refractivity contribution in [1.29, 1.82) is 0 Å². The zero-order chi connectivity index (χ0) is 20.5. The molecule has 29 heavy (non-hydrogen) atoms. The molecule has 1 aliphatic rings. The topological polar surface area (TPSA) is 66.6 Å². The molecular formula is C21H28N6OS. The van der Waals surface area contributed by atoms with E-state index in [2.05, 4.69) is 32.3 Å². The third kappa shape index (κ3) is 4.12. The molecule has 1 saturated heterocycles. The van der Waals surface area contributed by atoms with Gasteiger partial charge in [-0.2, -0.15) is 5.10 Å². The summed E-state index contributed by atoms with van der Waals surface area (Å²) in [6.45, 7) is 11.4. The van der Waals surface area contributed by atoms with Crippen molar-refractivity contribution in [3.05, 3.63) is 39.8 Å². The molecule has 0 atom stereocenters. The first-order valence-electron chi connectivity index (χ1n) is 10.2. The molecule has 8 heteroatoms. The van der Waals surface area contributed by atoms with Crippen LogP contribution in [-0.4, -0.2) is 56.6 Å². The van der Waals surface area contributed by atoms with Crippen LogP contribution in [0.15, 0.2) is 11.4 Å². The van der Waals surface area contributed by atoms with Crippen LogP contribution >= 0.6 is 11.3 Å². The van der Waals surface area contributed by atoms with Crippen molar-refractivity contribution in [3.8, 4) is 0 Å². The Labute approximate surface area is 175 Å². The van der Waals surface area contributed by atoms with Crippen LogP contribution in [0, 0.1) is 27.7 Å². The number of hydrogen-bond donors (Lipinski definition) is 0. The minimum atomic E-state index is 0.220. The van der Waals surface area contributed by atoms with Crippen LogP contribution in [0.5, 0.6) is 0 Å². The molecule has 4 heterocycles. The number of anilines is 1. The van der Waals surface area contributed by atoms with Gasteiger partial charge in [-0.05, 0) is 46.1 Å². The SMILES string of the molecule is Cc1csc(N2CCCN(C(=O)CCc3c(C)nc4cc(C)nn4c3C)CC2)n1. The molecule has 1 amide bonds. The Morgan fingerprint density at radius 3 is 2.66 bits per heavy atom. The summed E-state index contributed by atoms with van der Waals surface area (Å²) in [4.78, 5) is 26.5. The lowest BCUT2D eigenvalue weighted by Crippen LogP contribution is -2.35. The maximum atomic E-state index is 12.9. The Morgan fingerprint density at radius 2 is 1.90 bits per heavy atom. The fraction of sp³-hybridized carbons (Fsp3) is 0.524. The van der Waals surface area contributed by atoms with Gasteiger partial charge in [-0.25, -0.2) is 14.5 Å². The highest BCUT2D eigenvalue weighted by Crippen LogP contribution is 2.22. The predicted octanol–water partition coefficient (Wildman–Crippen LogP) is 3.09. The van der Waals surface area contributed by atoms with Crippen LogP contribution in [0.4, 0.5) is 5.13 Å². The molecule has 0 spiro atoms. The first-order chi connectivity index (χ1) is 13.9. The number of amides is 1. The van der Waals surface area contributed by atoms with Gasteiger partial charge in [0.15, 0.2) is 10.8 Å². The molecule has 0 aromatic carbocycles. The molecule has 3 aromatic rings. The van der Waals surface area contributed by atoms with Crippen LogP contribution in [0.3, 0.4) is 0 Å². The van der Waals surface area contributed by atoms with E-state index in [1.807, 2.05) is 36.3 Å². The van der Waals surface area contributed by atoms with Crippen molar-refractivity contribution in [1.82, 2.24) is 24.5 Å². The van der Waals surface area contributed by atoms with Gasteiger partial charge in [0.2, 0.25) is 5.91 Å². The molecule has 7 nitrogen and oxygen atoms in total. The summed E-state index contributed by atoms with van der Waals surface area (Å²) >= 11 is 1.68. The average Bonchev–Trinajstić information content (AvgIpc) is 3.18. The lowest BCUT2D eigenvalue weighted by Gasteiger charge is -2.22. The summed E-state index contributed by atoms with van der Waals surface area (Å²) < 4.78 is 1.89. The first-order valence-corrected chi connectivity index (χ1v) is 11.1. The third-order valence-corrected chi connectivity index (χ3v) is 6.62. The molecule has 0 saturated carbocycles. The number of nitrogens with zero attached hydrogens (tertiary/aromatic N) is 6. The van der Waals surface area contributed by atoms with E-state index in [1.165, 1.54) is 0 Å². The highest BCUT2D eigenvalue weighted by atomic mass is 32.1. The number of hydrogen-bond acceptors (Lipinski definition) is 6. The minimum Gasteiger partial charge on any atom is -0.346 e. The minimum absolute atomic E-state index is 0.220. The normalized spacial score (nSPS) is 15.2. The quantitative estimate of drug-likeness (QED) is 0.659. The monoisotopic (exact) mass is 412 g/mol. The second kappa shape index (κ2) is 8.10. The standard InChI is InChI=1S/C21H28N6OS/c1-14-12-19-23-16(3)18(17(4)27(19)24-14)6-7-20(28)25-8-5-9-26(11-10-25)21-22-15(2)13-29-21/h12-13H,5-11H2,1-4H3. The highest BCUT2D eigenvalue weighted by Gasteiger charge is 2.21. The van der Waals surface area contributed by atoms with Gasteiger partial charge in [-0.3, -0.25) is 4.79 Å². The van der Waals surface area contributed by atoms with Gasteiger partial charge in [0, 0.05) is 55.4 Å². The summed E-state index contributed by atoms with van der Waals surface area (Å²) in [5.74, 6) is 0.220. The van der Waals surface area contributed by atoms with E-state index >= 15 is 0 Å². The molecule has 0 unspecified atom stereocenters. The zero-order valence-electron chi connectivity index (χ0n) is 17.6. The Hall–Kier alpha value is -2.48. The Morgan fingerprint density at radius 1 is 1.07 bits per heavy atom. The molecule has 0 radical (unpaired) electrons. The van der Waals surface area contributed by atoms with E-state index in [1.54, 1.807) is 11.3 Å². The number of aryl methyl sites for hydroxylation is 4. The van der Waals surface area contributed by atoms with Gasteiger partial charge in [0.05, 0.1) is 11.4 Å². The summed E-state index contributed by atoms with van der Waals surface area (Å²) in [5, 5.41) is 7.68. The summed E-state index contributed by atoms with van der Waals surface area (Å²) in [5.41, 5.74) is 6.09. The van der Waals surface area contributed by atoms with Crippen LogP contribution in [0.1, 0.15) is 41.2 Å². The maximum absolute atomic E-state index is 12.9. The largest absolute Gasteiger partial charge is 0.346 e. The first kappa shape index (κ1) is 19.8. The van der Waals surface area contributed by atoms with Crippen molar-refractivity contribution in [2.45, 2.75) is 47.0 Å². The molecule has 3 aromatic heterocycles. The lowest BCUT2D eigenvalue weighted by atomic mass is 10.1. The van der Waals surface area contributed by atoms with E-state index in [4.69, 9.17) is 0 Å². The molecule has 154 valence electrons. The van der Waals surface area contributed by atoms with Crippen molar-refractivity contribution in [3.63, 3.8) is 0 Å². The summed E-state index contributed by atoms with van der Waals surface area (Å²) in [6, 6.07) is 1.99. The fourth-order valence-corrected chi connectivity index (χ4v) is 4.90. The van der Waals surface area contributed by atoms with Crippen molar-refractivity contribution >= 4 is 28.0 Å². The Bertz CT molecular complexity index is 1040. The number of carbonyl (C=O) groups is 1. The van der Waals surface area contributed by atoms with E-state index in [-0.39, 0.29) is 5.91 Å².